The van der Waals surface area contributed by atoms with E-state index in [0.717, 1.165) is 11.8 Å². The summed E-state index contributed by atoms with van der Waals surface area (Å²) in [6.07, 6.45) is 1.01. The minimum absolute atomic E-state index is 0.0607. The van der Waals surface area contributed by atoms with Gasteiger partial charge in [-0.25, -0.2) is 18.2 Å². The minimum Gasteiger partial charge on any atom is -0.493 e. The second-order valence-electron chi connectivity index (χ2n) is 6.18. The molecule has 0 fully saturated rings. The van der Waals surface area contributed by atoms with Crippen LogP contribution in [0.2, 0.25) is 0 Å². The highest BCUT2D eigenvalue weighted by atomic mass is 32.2. The van der Waals surface area contributed by atoms with Gasteiger partial charge in [0.2, 0.25) is 10.0 Å². The summed E-state index contributed by atoms with van der Waals surface area (Å²) in [6.45, 7) is -0.0607. The second kappa shape index (κ2) is 9.14. The van der Waals surface area contributed by atoms with Gasteiger partial charge in [-0.1, -0.05) is 18.2 Å². The van der Waals surface area contributed by atoms with Crippen LogP contribution in [-0.4, -0.2) is 39.8 Å². The molecule has 0 unspecified atom stereocenters. The van der Waals surface area contributed by atoms with E-state index in [1.165, 1.54) is 23.5 Å². The third-order valence-corrected chi connectivity index (χ3v) is 5.49. The first-order valence-electron chi connectivity index (χ1n) is 8.72. The van der Waals surface area contributed by atoms with Crippen LogP contribution in [-0.2, 0) is 21.4 Å². The highest BCUT2D eigenvalue weighted by molar-refractivity contribution is 7.92. The fourth-order valence-electron chi connectivity index (χ4n) is 2.72. The zero-order valence-corrected chi connectivity index (χ0v) is 18.2. The number of hydrogen-bond donors (Lipinski definition) is 1. The SMILES string of the molecule is COc1cccc(-c2nc(COC(=O)c3ccccc3NS(C)(=O)=O)cs2)c1OC. The summed E-state index contributed by atoms with van der Waals surface area (Å²) in [7, 11) is -0.415. The van der Waals surface area contributed by atoms with Gasteiger partial charge in [-0.05, 0) is 24.3 Å². The van der Waals surface area contributed by atoms with Crippen molar-refractivity contribution in [2.45, 2.75) is 6.61 Å². The Balaban J connectivity index is 1.75. The lowest BCUT2D eigenvalue weighted by molar-refractivity contribution is 0.0470. The molecule has 0 aliphatic heterocycles. The van der Waals surface area contributed by atoms with E-state index in [0.29, 0.717) is 22.2 Å². The van der Waals surface area contributed by atoms with Crippen LogP contribution >= 0.6 is 11.3 Å². The van der Waals surface area contributed by atoms with Crippen molar-refractivity contribution in [2.75, 3.05) is 25.2 Å². The van der Waals surface area contributed by atoms with Gasteiger partial charge in [0, 0.05) is 5.38 Å². The van der Waals surface area contributed by atoms with Crippen molar-refractivity contribution in [3.05, 3.63) is 59.1 Å². The van der Waals surface area contributed by atoms with Crippen LogP contribution in [0.15, 0.2) is 47.8 Å². The first kappa shape index (κ1) is 21.6. The minimum atomic E-state index is -3.53. The van der Waals surface area contributed by atoms with E-state index >= 15 is 0 Å². The summed E-state index contributed by atoms with van der Waals surface area (Å²) in [4.78, 5) is 17.0. The van der Waals surface area contributed by atoms with Gasteiger partial charge in [0.05, 0.1) is 43.0 Å². The molecule has 10 heteroatoms. The van der Waals surface area contributed by atoms with Gasteiger partial charge in [0.25, 0.3) is 0 Å². The molecule has 0 spiro atoms. The van der Waals surface area contributed by atoms with Gasteiger partial charge < -0.3 is 14.2 Å². The van der Waals surface area contributed by atoms with Crippen molar-refractivity contribution in [3.8, 4) is 22.1 Å². The van der Waals surface area contributed by atoms with Crippen molar-refractivity contribution in [1.29, 1.82) is 0 Å². The molecule has 0 aliphatic rings. The van der Waals surface area contributed by atoms with Gasteiger partial charge in [-0.15, -0.1) is 11.3 Å². The number of carbonyl (C=O) groups excluding carboxylic acids is 1. The maximum Gasteiger partial charge on any atom is 0.340 e. The molecule has 3 rings (SSSR count). The van der Waals surface area contributed by atoms with Crippen molar-refractivity contribution >= 4 is 33.0 Å². The molecule has 0 bridgehead atoms. The molecular weight excluding hydrogens is 428 g/mol. The average Bonchev–Trinajstić information content (AvgIpc) is 3.19. The number of methoxy groups -OCH3 is 2. The van der Waals surface area contributed by atoms with Crippen molar-refractivity contribution in [3.63, 3.8) is 0 Å². The van der Waals surface area contributed by atoms with Gasteiger partial charge >= 0.3 is 5.97 Å². The molecule has 0 radical (unpaired) electrons. The van der Waals surface area contributed by atoms with E-state index in [2.05, 4.69) is 9.71 Å². The summed E-state index contributed by atoms with van der Waals surface area (Å²) in [6, 6.07) is 11.7. The summed E-state index contributed by atoms with van der Waals surface area (Å²) < 4.78 is 41.4. The summed E-state index contributed by atoms with van der Waals surface area (Å²) in [5.74, 6) is 0.502. The van der Waals surface area contributed by atoms with Crippen LogP contribution < -0.4 is 14.2 Å². The highest BCUT2D eigenvalue weighted by Crippen LogP contribution is 2.39. The topological polar surface area (TPSA) is 104 Å². The number of sulfonamides is 1. The predicted octanol–water partition coefficient (Wildman–Crippen LogP) is 3.56. The number of nitrogens with zero attached hydrogens (tertiary/aromatic N) is 1. The number of benzene rings is 2. The Hall–Kier alpha value is -3.11. The number of thiazole rings is 1. The first-order valence-corrected chi connectivity index (χ1v) is 11.5. The molecule has 3 aromatic rings. The zero-order valence-electron chi connectivity index (χ0n) is 16.5. The highest BCUT2D eigenvalue weighted by Gasteiger charge is 2.17. The molecule has 1 aromatic heterocycles. The number of carbonyl (C=O) groups is 1. The Kier molecular flexibility index (Phi) is 6.58. The Labute approximate surface area is 178 Å². The van der Waals surface area contributed by atoms with E-state index in [-0.39, 0.29) is 17.9 Å². The van der Waals surface area contributed by atoms with E-state index in [9.17, 15) is 13.2 Å². The standard InChI is InChI=1S/C20H20N2O6S2/c1-26-17-10-6-8-15(18(17)27-2)19-21-13(12-29-19)11-28-20(23)14-7-4-5-9-16(14)22-30(3,24)25/h4-10,12,22H,11H2,1-3H3. The lowest BCUT2D eigenvalue weighted by Gasteiger charge is -2.10. The molecule has 158 valence electrons. The molecule has 1 N–H and O–H groups in total. The number of ether oxygens (including phenoxy) is 3. The maximum atomic E-state index is 12.5. The lowest BCUT2D eigenvalue weighted by Crippen LogP contribution is -2.14. The van der Waals surface area contributed by atoms with Crippen LogP contribution in [0.4, 0.5) is 5.69 Å². The molecule has 0 atom stereocenters. The Morgan fingerprint density at radius 2 is 1.87 bits per heavy atom. The Bertz CT molecular complexity index is 1160. The van der Waals surface area contributed by atoms with E-state index in [1.54, 1.807) is 37.8 Å². The molecule has 2 aromatic carbocycles. The fraction of sp³-hybridized carbons (Fsp3) is 0.200. The Morgan fingerprint density at radius 1 is 1.10 bits per heavy atom. The number of rotatable bonds is 8. The third-order valence-electron chi connectivity index (χ3n) is 3.98. The van der Waals surface area contributed by atoms with Gasteiger partial charge in [0.1, 0.15) is 11.6 Å². The zero-order chi connectivity index (χ0) is 21.7. The predicted molar refractivity (Wildman–Crippen MR) is 115 cm³/mol. The van der Waals surface area contributed by atoms with Gasteiger partial charge in [-0.3, -0.25) is 4.72 Å². The first-order chi connectivity index (χ1) is 14.3. The summed E-state index contributed by atoms with van der Waals surface area (Å²) in [5.41, 5.74) is 1.60. The smallest absolute Gasteiger partial charge is 0.340 e. The number of nitrogens with one attached hydrogen (secondary N) is 1. The molecule has 0 aliphatic carbocycles. The molecule has 1 heterocycles. The van der Waals surface area contributed by atoms with Crippen LogP contribution in [0.1, 0.15) is 16.1 Å². The van der Waals surface area contributed by atoms with Crippen LogP contribution in [0.25, 0.3) is 10.6 Å². The summed E-state index contributed by atoms with van der Waals surface area (Å²) >= 11 is 1.38. The molecular formula is C20H20N2O6S2. The number of para-hydroxylation sites is 2. The fourth-order valence-corrected chi connectivity index (χ4v) is 4.12. The number of esters is 1. The van der Waals surface area contributed by atoms with Crippen LogP contribution in [0.3, 0.4) is 0 Å². The van der Waals surface area contributed by atoms with E-state index < -0.39 is 16.0 Å². The third kappa shape index (κ3) is 5.08. The van der Waals surface area contributed by atoms with E-state index in [4.69, 9.17) is 14.2 Å². The largest absolute Gasteiger partial charge is 0.493 e. The van der Waals surface area contributed by atoms with Gasteiger partial charge in [0.15, 0.2) is 11.5 Å². The van der Waals surface area contributed by atoms with Gasteiger partial charge in [-0.2, -0.15) is 0 Å². The average molecular weight is 449 g/mol. The molecule has 0 amide bonds. The number of anilines is 1. The molecule has 0 saturated heterocycles. The molecule has 8 nitrogen and oxygen atoms in total. The molecule has 0 saturated carbocycles. The second-order valence-corrected chi connectivity index (χ2v) is 8.79. The lowest BCUT2D eigenvalue weighted by atomic mass is 10.2. The number of hydrogen-bond acceptors (Lipinski definition) is 8. The van der Waals surface area contributed by atoms with Crippen molar-refractivity contribution in [1.82, 2.24) is 4.98 Å². The normalized spacial score (nSPS) is 11.0. The Morgan fingerprint density at radius 3 is 2.57 bits per heavy atom. The quantitative estimate of drug-likeness (QED) is 0.526. The van der Waals surface area contributed by atoms with Crippen LogP contribution in [0, 0.1) is 0 Å². The summed E-state index contributed by atoms with van der Waals surface area (Å²) in [5, 5.41) is 2.47. The van der Waals surface area contributed by atoms with E-state index in [1.807, 2.05) is 12.1 Å². The van der Waals surface area contributed by atoms with Crippen molar-refractivity contribution < 1.29 is 27.4 Å². The van der Waals surface area contributed by atoms with Crippen molar-refractivity contribution in [2.24, 2.45) is 0 Å². The maximum absolute atomic E-state index is 12.5. The monoisotopic (exact) mass is 448 g/mol. The van der Waals surface area contributed by atoms with Crippen LogP contribution in [0.5, 0.6) is 11.5 Å². The molecule has 30 heavy (non-hydrogen) atoms. The number of aromatic nitrogens is 1.